The zero-order chi connectivity index (χ0) is 15.0. The Balaban J connectivity index is 2.60. The quantitative estimate of drug-likeness (QED) is 0.389. The van der Waals surface area contributed by atoms with Gasteiger partial charge in [0.25, 0.3) is 0 Å². The molecule has 4 heteroatoms. The number of carbonyl (C=O) groups excluding carboxylic acids is 3. The molecule has 0 spiro atoms. The Bertz CT molecular complexity index is 432. The van der Waals surface area contributed by atoms with Gasteiger partial charge < -0.3 is 4.74 Å². The summed E-state index contributed by atoms with van der Waals surface area (Å²) < 4.78 is 5.04. The monoisotopic (exact) mass is 278 g/mol. The van der Waals surface area contributed by atoms with Crippen LogP contribution in [0, 0.1) is 5.92 Å². The third-order valence-corrected chi connectivity index (χ3v) is 3.22. The molecule has 0 saturated carbocycles. The Morgan fingerprint density at radius 3 is 2.60 bits per heavy atom. The summed E-state index contributed by atoms with van der Waals surface area (Å²) in [5, 5.41) is 0. The van der Waals surface area contributed by atoms with E-state index in [2.05, 4.69) is 0 Å². The van der Waals surface area contributed by atoms with Crippen molar-refractivity contribution in [1.82, 2.24) is 0 Å². The minimum atomic E-state index is -0.976. The molecule has 0 amide bonds. The second-order valence-electron chi connectivity index (χ2n) is 4.95. The van der Waals surface area contributed by atoms with Crippen LogP contribution in [0.5, 0.6) is 0 Å². The summed E-state index contributed by atoms with van der Waals surface area (Å²) in [5.74, 6) is -2.05. The van der Waals surface area contributed by atoms with Gasteiger partial charge in [0.1, 0.15) is 11.7 Å². The molecule has 1 atom stereocenters. The van der Waals surface area contributed by atoms with Gasteiger partial charge in [-0.1, -0.05) is 31.6 Å². The van der Waals surface area contributed by atoms with E-state index in [0.717, 1.165) is 25.7 Å². The number of hydrogen-bond acceptors (Lipinski definition) is 4. The highest BCUT2D eigenvalue weighted by atomic mass is 16.5. The van der Waals surface area contributed by atoms with E-state index in [0.29, 0.717) is 12.2 Å². The van der Waals surface area contributed by atoms with Crippen LogP contribution in [0.3, 0.4) is 0 Å². The number of allylic oxidation sites excluding steroid dienone is 4. The Morgan fingerprint density at radius 2 is 2.05 bits per heavy atom. The number of ether oxygens (including phenoxy) is 1. The predicted octanol–water partition coefficient (Wildman–Crippen LogP) is 2.77. The first kappa shape index (κ1) is 16.3. The molecular formula is C16H22O4. The number of ketones is 2. The van der Waals surface area contributed by atoms with Crippen LogP contribution in [-0.2, 0) is 19.1 Å². The lowest BCUT2D eigenvalue weighted by atomic mass is 9.93. The summed E-state index contributed by atoms with van der Waals surface area (Å²) >= 11 is 0. The largest absolute Gasteiger partial charge is 0.465 e. The van der Waals surface area contributed by atoms with E-state index in [-0.39, 0.29) is 18.0 Å². The van der Waals surface area contributed by atoms with Gasteiger partial charge in [0.05, 0.1) is 6.61 Å². The lowest BCUT2D eigenvalue weighted by Crippen LogP contribution is -2.27. The molecule has 0 aromatic rings. The maximum atomic E-state index is 12.1. The molecular weight excluding hydrogens is 256 g/mol. The molecule has 1 aliphatic rings. The van der Waals surface area contributed by atoms with Crippen LogP contribution >= 0.6 is 0 Å². The van der Waals surface area contributed by atoms with Crippen molar-refractivity contribution in [2.24, 2.45) is 5.92 Å². The van der Waals surface area contributed by atoms with Crippen molar-refractivity contribution in [3.63, 3.8) is 0 Å². The first-order chi connectivity index (χ1) is 9.56. The second-order valence-corrected chi connectivity index (χ2v) is 4.95. The molecule has 0 saturated heterocycles. The van der Waals surface area contributed by atoms with Gasteiger partial charge in [-0.05, 0) is 26.2 Å². The third-order valence-electron chi connectivity index (χ3n) is 3.22. The molecule has 0 radical (unpaired) electrons. The predicted molar refractivity (Wildman–Crippen MR) is 76.1 cm³/mol. The molecule has 0 aliphatic heterocycles. The van der Waals surface area contributed by atoms with Gasteiger partial charge in [0.15, 0.2) is 5.78 Å². The minimum absolute atomic E-state index is 0.101. The summed E-state index contributed by atoms with van der Waals surface area (Å²) in [4.78, 5) is 35.5. The minimum Gasteiger partial charge on any atom is -0.465 e. The number of carbonyl (C=O) groups is 3. The van der Waals surface area contributed by atoms with Gasteiger partial charge in [-0.15, -0.1) is 0 Å². The lowest BCUT2D eigenvalue weighted by molar-refractivity contribution is -0.153. The average molecular weight is 278 g/mol. The lowest BCUT2D eigenvalue weighted by Gasteiger charge is -2.13. The van der Waals surface area contributed by atoms with E-state index < -0.39 is 11.9 Å². The van der Waals surface area contributed by atoms with Gasteiger partial charge in [0, 0.05) is 12.0 Å². The second kappa shape index (κ2) is 8.46. The van der Waals surface area contributed by atoms with Crippen LogP contribution < -0.4 is 0 Å². The van der Waals surface area contributed by atoms with Crippen LogP contribution in [0.25, 0.3) is 0 Å². The average Bonchev–Trinajstić information content (AvgIpc) is 2.45. The van der Waals surface area contributed by atoms with Crippen molar-refractivity contribution in [2.45, 2.75) is 46.0 Å². The Morgan fingerprint density at radius 1 is 1.30 bits per heavy atom. The molecule has 0 heterocycles. The number of rotatable bonds is 8. The van der Waals surface area contributed by atoms with E-state index in [9.17, 15) is 14.4 Å². The van der Waals surface area contributed by atoms with Crippen molar-refractivity contribution in [3.8, 4) is 0 Å². The molecule has 1 rings (SSSR count). The Hall–Kier alpha value is -1.71. The van der Waals surface area contributed by atoms with E-state index in [1.54, 1.807) is 6.08 Å². The van der Waals surface area contributed by atoms with Crippen LogP contribution in [0.4, 0.5) is 0 Å². The number of unbranched alkanes of at least 4 members (excludes halogenated alkanes) is 1. The normalized spacial score (nSPS) is 15.4. The van der Waals surface area contributed by atoms with Crippen molar-refractivity contribution in [2.75, 3.05) is 6.61 Å². The van der Waals surface area contributed by atoms with Gasteiger partial charge in [0.2, 0.25) is 0 Å². The van der Waals surface area contributed by atoms with Crippen molar-refractivity contribution in [1.29, 1.82) is 0 Å². The SMILES string of the molecule is CCCCOC(=O)C(CC(=O)C1=CCCC=C1)C(C)=O. The fourth-order valence-corrected chi connectivity index (χ4v) is 1.93. The van der Waals surface area contributed by atoms with E-state index in [1.807, 2.05) is 19.1 Å². The molecule has 0 aromatic carbocycles. The van der Waals surface area contributed by atoms with Crippen LogP contribution in [0.1, 0.15) is 46.0 Å². The number of esters is 1. The molecule has 20 heavy (non-hydrogen) atoms. The molecule has 0 aromatic heterocycles. The first-order valence-electron chi connectivity index (χ1n) is 7.13. The summed E-state index contributed by atoms with van der Waals surface area (Å²) in [5.41, 5.74) is 0.587. The topological polar surface area (TPSA) is 60.4 Å². The third kappa shape index (κ3) is 5.11. The maximum absolute atomic E-state index is 12.1. The fourth-order valence-electron chi connectivity index (χ4n) is 1.93. The standard InChI is InChI=1S/C16H22O4/c1-3-4-10-20-16(19)14(12(2)17)11-15(18)13-8-6-5-7-9-13/h6,8-9,14H,3-5,7,10-11H2,1-2H3. The summed E-state index contributed by atoms with van der Waals surface area (Å²) in [7, 11) is 0. The van der Waals surface area contributed by atoms with Gasteiger partial charge in [-0.3, -0.25) is 14.4 Å². The van der Waals surface area contributed by atoms with E-state index in [4.69, 9.17) is 4.74 Å². The fraction of sp³-hybridized carbons (Fsp3) is 0.562. The van der Waals surface area contributed by atoms with E-state index in [1.165, 1.54) is 6.92 Å². The molecule has 1 aliphatic carbocycles. The molecule has 1 unspecified atom stereocenters. The van der Waals surface area contributed by atoms with Crippen molar-refractivity contribution in [3.05, 3.63) is 23.8 Å². The zero-order valence-corrected chi connectivity index (χ0v) is 12.2. The van der Waals surface area contributed by atoms with Gasteiger partial charge >= 0.3 is 5.97 Å². The summed E-state index contributed by atoms with van der Waals surface area (Å²) in [6.45, 7) is 3.61. The molecule has 0 bridgehead atoms. The Kier molecular flexibility index (Phi) is 6.91. The van der Waals surface area contributed by atoms with Gasteiger partial charge in [-0.25, -0.2) is 0 Å². The van der Waals surface area contributed by atoms with Gasteiger partial charge in [-0.2, -0.15) is 0 Å². The summed E-state index contributed by atoms with van der Waals surface area (Å²) in [6, 6.07) is 0. The highest BCUT2D eigenvalue weighted by molar-refractivity contribution is 6.06. The highest BCUT2D eigenvalue weighted by Crippen LogP contribution is 2.17. The van der Waals surface area contributed by atoms with Crippen molar-refractivity contribution < 1.29 is 19.1 Å². The first-order valence-corrected chi connectivity index (χ1v) is 7.13. The molecule has 4 nitrogen and oxygen atoms in total. The molecule has 0 fully saturated rings. The van der Waals surface area contributed by atoms with Crippen LogP contribution in [0.15, 0.2) is 23.8 Å². The molecule has 0 N–H and O–H groups in total. The smallest absolute Gasteiger partial charge is 0.316 e. The zero-order valence-electron chi connectivity index (χ0n) is 12.2. The van der Waals surface area contributed by atoms with Crippen LogP contribution in [0.2, 0.25) is 0 Å². The van der Waals surface area contributed by atoms with Crippen LogP contribution in [-0.4, -0.2) is 24.1 Å². The maximum Gasteiger partial charge on any atom is 0.316 e. The number of Topliss-reactive ketones (excluding diaryl/α,β-unsaturated/α-hetero) is 2. The van der Waals surface area contributed by atoms with E-state index >= 15 is 0 Å². The highest BCUT2D eigenvalue weighted by Gasteiger charge is 2.28. The summed E-state index contributed by atoms with van der Waals surface area (Å²) in [6.07, 6.45) is 8.85. The Labute approximate surface area is 119 Å². The number of hydrogen-bond donors (Lipinski definition) is 0. The molecule has 110 valence electrons. The van der Waals surface area contributed by atoms with Crippen molar-refractivity contribution >= 4 is 17.5 Å².